The third-order valence-corrected chi connectivity index (χ3v) is 5.43. The average Bonchev–Trinajstić information content (AvgIpc) is 2.73. The first-order chi connectivity index (χ1) is 14.6. The highest BCUT2D eigenvalue weighted by atomic mass is 16.3. The highest BCUT2D eigenvalue weighted by Crippen LogP contribution is 2.07. The van der Waals surface area contributed by atoms with Crippen molar-refractivity contribution in [2.45, 2.75) is 104 Å². The first-order valence-electron chi connectivity index (χ1n) is 12.5. The molecule has 0 bridgehead atoms. The summed E-state index contributed by atoms with van der Waals surface area (Å²) in [4.78, 5) is 25.9. The Morgan fingerprint density at radius 1 is 0.633 bits per heavy atom. The van der Waals surface area contributed by atoms with Gasteiger partial charge in [0, 0.05) is 45.6 Å². The van der Waals surface area contributed by atoms with Gasteiger partial charge in [0.2, 0.25) is 11.8 Å². The second-order valence-electron chi connectivity index (χ2n) is 8.30. The van der Waals surface area contributed by atoms with Gasteiger partial charge in [-0.3, -0.25) is 14.5 Å². The summed E-state index contributed by atoms with van der Waals surface area (Å²) in [5, 5.41) is 15.2. The smallest absolute Gasteiger partial charge is 0.220 e. The van der Waals surface area contributed by atoms with Crippen LogP contribution in [0.1, 0.15) is 104 Å². The molecule has 30 heavy (non-hydrogen) atoms. The van der Waals surface area contributed by atoms with E-state index >= 15 is 0 Å². The highest BCUT2D eigenvalue weighted by molar-refractivity contribution is 5.76. The monoisotopic (exact) mass is 427 g/mol. The lowest BCUT2D eigenvalue weighted by molar-refractivity contribution is -0.121. The van der Waals surface area contributed by atoms with Crippen LogP contribution in [0.3, 0.4) is 0 Å². The molecule has 0 aromatic rings. The summed E-state index contributed by atoms with van der Waals surface area (Å²) in [5.41, 5.74) is 0. The molecular weight excluding hydrogens is 378 g/mol. The second-order valence-corrected chi connectivity index (χ2v) is 8.30. The van der Waals surface area contributed by atoms with Gasteiger partial charge in [-0.2, -0.15) is 0 Å². The van der Waals surface area contributed by atoms with Crippen LogP contribution in [0.25, 0.3) is 0 Å². The minimum Gasteiger partial charge on any atom is -0.395 e. The molecule has 0 heterocycles. The van der Waals surface area contributed by atoms with E-state index < -0.39 is 0 Å². The van der Waals surface area contributed by atoms with Gasteiger partial charge >= 0.3 is 0 Å². The van der Waals surface area contributed by atoms with Crippen molar-refractivity contribution in [1.29, 1.82) is 0 Å². The number of carbonyl (C=O) groups excluding carboxylic acids is 2. The molecule has 0 aliphatic rings. The molecule has 0 saturated heterocycles. The number of hydrogen-bond acceptors (Lipinski definition) is 4. The van der Waals surface area contributed by atoms with Crippen molar-refractivity contribution >= 4 is 11.8 Å². The third kappa shape index (κ3) is 20.1. The molecule has 0 fully saturated rings. The minimum absolute atomic E-state index is 0.0808. The molecule has 6 heteroatoms. The molecule has 0 atom stereocenters. The van der Waals surface area contributed by atoms with Gasteiger partial charge in [-0.25, -0.2) is 0 Å². The van der Waals surface area contributed by atoms with Crippen LogP contribution in [0.5, 0.6) is 0 Å². The fourth-order valence-corrected chi connectivity index (χ4v) is 3.49. The SMILES string of the molecule is CCCCCCCCC(=O)NCCN(CCO)CCNC(=O)CCCCCCCC. The van der Waals surface area contributed by atoms with Crippen molar-refractivity contribution in [3.8, 4) is 0 Å². The van der Waals surface area contributed by atoms with Crippen LogP contribution < -0.4 is 10.6 Å². The molecule has 0 spiro atoms. The summed E-state index contributed by atoms with van der Waals surface area (Å²) in [6.45, 7) is 7.60. The Balaban J connectivity index is 3.74. The van der Waals surface area contributed by atoms with Crippen molar-refractivity contribution in [3.05, 3.63) is 0 Å². The zero-order valence-corrected chi connectivity index (χ0v) is 19.9. The van der Waals surface area contributed by atoms with Crippen LogP contribution in [-0.4, -0.2) is 61.2 Å². The number of aliphatic hydroxyl groups excluding tert-OH is 1. The normalized spacial score (nSPS) is 11.1. The minimum atomic E-state index is 0.0808. The summed E-state index contributed by atoms with van der Waals surface area (Å²) in [6.07, 6.45) is 15.4. The number of rotatable bonds is 22. The van der Waals surface area contributed by atoms with Crippen LogP contribution in [0.2, 0.25) is 0 Å². The van der Waals surface area contributed by atoms with E-state index in [1.807, 2.05) is 0 Å². The lowest BCUT2D eigenvalue weighted by atomic mass is 10.1. The van der Waals surface area contributed by atoms with E-state index in [9.17, 15) is 14.7 Å². The molecule has 2 amide bonds. The number of hydrogen-bond donors (Lipinski definition) is 3. The Morgan fingerprint density at radius 3 is 1.43 bits per heavy atom. The van der Waals surface area contributed by atoms with Crippen molar-refractivity contribution < 1.29 is 14.7 Å². The topological polar surface area (TPSA) is 81.7 Å². The van der Waals surface area contributed by atoms with Crippen molar-refractivity contribution in [2.24, 2.45) is 0 Å². The van der Waals surface area contributed by atoms with E-state index in [1.165, 1.54) is 51.4 Å². The predicted octanol–water partition coefficient (Wildman–Crippen LogP) is 4.01. The quantitative estimate of drug-likeness (QED) is 0.228. The van der Waals surface area contributed by atoms with Crippen LogP contribution in [-0.2, 0) is 9.59 Å². The summed E-state index contributed by atoms with van der Waals surface area (Å²) in [6, 6.07) is 0. The maximum Gasteiger partial charge on any atom is 0.220 e. The predicted molar refractivity (Wildman–Crippen MR) is 126 cm³/mol. The van der Waals surface area contributed by atoms with Gasteiger partial charge in [0.1, 0.15) is 0 Å². The van der Waals surface area contributed by atoms with Gasteiger partial charge in [-0.15, -0.1) is 0 Å². The van der Waals surface area contributed by atoms with E-state index in [1.54, 1.807) is 0 Å². The van der Waals surface area contributed by atoms with Gasteiger partial charge in [-0.1, -0.05) is 78.1 Å². The molecular formula is C24H49N3O3. The van der Waals surface area contributed by atoms with E-state index in [-0.39, 0.29) is 18.4 Å². The molecule has 0 aliphatic carbocycles. The zero-order chi connectivity index (χ0) is 22.3. The molecule has 0 radical (unpaired) electrons. The number of unbranched alkanes of at least 4 members (excludes halogenated alkanes) is 10. The average molecular weight is 428 g/mol. The lowest BCUT2D eigenvalue weighted by Gasteiger charge is -2.21. The Labute approximate surface area is 185 Å². The third-order valence-electron chi connectivity index (χ3n) is 5.43. The fourth-order valence-electron chi connectivity index (χ4n) is 3.49. The van der Waals surface area contributed by atoms with Crippen molar-refractivity contribution in [3.63, 3.8) is 0 Å². The van der Waals surface area contributed by atoms with Crippen LogP contribution in [0.15, 0.2) is 0 Å². The van der Waals surface area contributed by atoms with E-state index in [0.29, 0.717) is 45.6 Å². The standard InChI is InChI=1S/C24H49N3O3/c1-3-5-7-9-11-13-15-23(29)25-17-19-27(21-22-28)20-18-26-24(30)16-14-12-10-8-6-4-2/h28H,3-22H2,1-2H3,(H,25,29)(H,26,30). The number of carbonyl (C=O) groups is 2. The van der Waals surface area contributed by atoms with Gasteiger partial charge in [0.25, 0.3) is 0 Å². The molecule has 3 N–H and O–H groups in total. The van der Waals surface area contributed by atoms with Gasteiger partial charge < -0.3 is 15.7 Å². The van der Waals surface area contributed by atoms with E-state index in [0.717, 1.165) is 25.7 Å². The zero-order valence-electron chi connectivity index (χ0n) is 19.9. The molecule has 0 saturated carbocycles. The van der Waals surface area contributed by atoms with Crippen LogP contribution in [0.4, 0.5) is 0 Å². The van der Waals surface area contributed by atoms with Crippen molar-refractivity contribution in [2.75, 3.05) is 39.3 Å². The number of aliphatic hydroxyl groups is 1. The lowest BCUT2D eigenvalue weighted by Crippen LogP contribution is -2.40. The van der Waals surface area contributed by atoms with Gasteiger partial charge in [0.05, 0.1) is 6.61 Å². The molecule has 0 rings (SSSR count). The Bertz CT molecular complexity index is 371. The second kappa shape index (κ2) is 22.5. The van der Waals surface area contributed by atoms with Crippen LogP contribution >= 0.6 is 0 Å². The number of nitrogens with one attached hydrogen (secondary N) is 2. The molecule has 0 unspecified atom stereocenters. The van der Waals surface area contributed by atoms with E-state index in [2.05, 4.69) is 29.4 Å². The summed E-state index contributed by atoms with van der Waals surface area (Å²) >= 11 is 0. The Hall–Kier alpha value is -1.14. The summed E-state index contributed by atoms with van der Waals surface area (Å²) in [5.74, 6) is 0.225. The first-order valence-corrected chi connectivity index (χ1v) is 12.5. The highest BCUT2D eigenvalue weighted by Gasteiger charge is 2.07. The maximum absolute atomic E-state index is 11.9. The molecule has 0 aromatic carbocycles. The largest absolute Gasteiger partial charge is 0.395 e. The van der Waals surface area contributed by atoms with Crippen molar-refractivity contribution in [1.82, 2.24) is 15.5 Å². The molecule has 6 nitrogen and oxygen atoms in total. The number of amides is 2. The summed E-state index contributed by atoms with van der Waals surface area (Å²) in [7, 11) is 0. The Kier molecular flexibility index (Phi) is 21.7. The first kappa shape index (κ1) is 28.9. The summed E-state index contributed by atoms with van der Waals surface area (Å²) < 4.78 is 0. The fraction of sp³-hybridized carbons (Fsp3) is 0.917. The Morgan fingerprint density at radius 2 is 1.03 bits per heavy atom. The maximum atomic E-state index is 11.9. The molecule has 178 valence electrons. The molecule has 0 aliphatic heterocycles. The number of nitrogens with zero attached hydrogens (tertiary/aromatic N) is 1. The van der Waals surface area contributed by atoms with Crippen LogP contribution in [0, 0.1) is 0 Å². The van der Waals surface area contributed by atoms with Gasteiger partial charge in [0.15, 0.2) is 0 Å². The van der Waals surface area contributed by atoms with E-state index in [4.69, 9.17) is 0 Å². The molecule has 0 aromatic heterocycles. The van der Waals surface area contributed by atoms with Gasteiger partial charge in [-0.05, 0) is 12.8 Å².